The summed E-state index contributed by atoms with van der Waals surface area (Å²) in [5, 5.41) is 7.81. The lowest BCUT2D eigenvalue weighted by Gasteiger charge is -2.04. The fourth-order valence-electron chi connectivity index (χ4n) is 1.09. The van der Waals surface area contributed by atoms with Gasteiger partial charge in [-0.05, 0) is 38.1 Å². The van der Waals surface area contributed by atoms with E-state index in [-0.39, 0.29) is 6.01 Å². The Hall–Kier alpha value is -1.49. The third kappa shape index (κ3) is 2.55. The second-order valence-corrected chi connectivity index (χ2v) is 4.24. The van der Waals surface area contributed by atoms with E-state index in [2.05, 4.69) is 31.1 Å². The molecule has 0 bridgehead atoms. The molecule has 0 N–H and O–H groups in total. The van der Waals surface area contributed by atoms with Gasteiger partial charge in [-0.2, -0.15) is 4.98 Å². The van der Waals surface area contributed by atoms with Crippen LogP contribution >= 0.6 is 15.9 Å². The molecule has 0 aliphatic heterocycles. The molecule has 0 fully saturated rings. The zero-order valence-electron chi connectivity index (χ0n) is 8.94. The SMILES string of the molecule is Cc1nnc(Oc2ccc(Br)cc2)nc1C. The highest BCUT2D eigenvalue weighted by Crippen LogP contribution is 2.20. The summed E-state index contributed by atoms with van der Waals surface area (Å²) in [6, 6.07) is 7.73. The third-order valence-corrected chi connectivity index (χ3v) is 2.62. The Labute approximate surface area is 102 Å². The van der Waals surface area contributed by atoms with E-state index < -0.39 is 0 Å². The molecule has 1 aromatic carbocycles. The highest BCUT2D eigenvalue weighted by molar-refractivity contribution is 9.10. The fourth-order valence-corrected chi connectivity index (χ4v) is 1.35. The molecule has 0 radical (unpaired) electrons. The average Bonchev–Trinajstić information content (AvgIpc) is 2.27. The van der Waals surface area contributed by atoms with Gasteiger partial charge in [0.15, 0.2) is 0 Å². The van der Waals surface area contributed by atoms with Crippen molar-refractivity contribution in [3.05, 3.63) is 40.1 Å². The number of hydrogen-bond donors (Lipinski definition) is 0. The predicted molar refractivity (Wildman–Crippen MR) is 63.5 cm³/mol. The van der Waals surface area contributed by atoms with E-state index in [1.165, 1.54) is 0 Å². The van der Waals surface area contributed by atoms with Crippen molar-refractivity contribution in [2.75, 3.05) is 0 Å². The maximum atomic E-state index is 5.46. The number of aromatic nitrogens is 3. The average molecular weight is 280 g/mol. The Kier molecular flexibility index (Phi) is 3.14. The molecule has 0 aliphatic carbocycles. The van der Waals surface area contributed by atoms with Crippen LogP contribution in [0, 0.1) is 13.8 Å². The summed E-state index contributed by atoms with van der Waals surface area (Å²) < 4.78 is 6.46. The van der Waals surface area contributed by atoms with Gasteiger partial charge in [0.2, 0.25) is 0 Å². The molecule has 0 amide bonds. The Morgan fingerprint density at radius 3 is 2.31 bits per heavy atom. The molecular weight excluding hydrogens is 270 g/mol. The van der Waals surface area contributed by atoms with E-state index in [0.717, 1.165) is 15.9 Å². The number of hydrogen-bond acceptors (Lipinski definition) is 4. The largest absolute Gasteiger partial charge is 0.423 e. The molecular formula is C11H10BrN3O. The van der Waals surface area contributed by atoms with E-state index in [4.69, 9.17) is 4.74 Å². The molecule has 0 saturated carbocycles. The first-order valence-electron chi connectivity index (χ1n) is 4.76. The molecule has 4 nitrogen and oxygen atoms in total. The van der Waals surface area contributed by atoms with Crippen LogP contribution in [0.3, 0.4) is 0 Å². The second-order valence-electron chi connectivity index (χ2n) is 3.32. The topological polar surface area (TPSA) is 47.9 Å². The van der Waals surface area contributed by atoms with Gasteiger partial charge in [-0.25, -0.2) is 0 Å². The van der Waals surface area contributed by atoms with Crippen LogP contribution < -0.4 is 4.74 Å². The van der Waals surface area contributed by atoms with Crippen LogP contribution in [0.1, 0.15) is 11.4 Å². The Morgan fingerprint density at radius 2 is 1.69 bits per heavy atom. The van der Waals surface area contributed by atoms with Gasteiger partial charge in [-0.15, -0.1) is 5.10 Å². The van der Waals surface area contributed by atoms with Crippen molar-refractivity contribution >= 4 is 15.9 Å². The highest BCUT2D eigenvalue weighted by atomic mass is 79.9. The first-order valence-corrected chi connectivity index (χ1v) is 5.56. The van der Waals surface area contributed by atoms with Crippen LogP contribution in [0.15, 0.2) is 28.7 Å². The van der Waals surface area contributed by atoms with Crippen molar-refractivity contribution in [1.29, 1.82) is 0 Å². The van der Waals surface area contributed by atoms with Gasteiger partial charge >= 0.3 is 6.01 Å². The van der Waals surface area contributed by atoms with Gasteiger partial charge in [-0.1, -0.05) is 21.0 Å². The van der Waals surface area contributed by atoms with E-state index in [0.29, 0.717) is 5.75 Å². The van der Waals surface area contributed by atoms with Crippen LogP contribution in [-0.4, -0.2) is 15.2 Å². The lowest BCUT2D eigenvalue weighted by atomic mass is 10.3. The van der Waals surface area contributed by atoms with Crippen LogP contribution in [0.25, 0.3) is 0 Å². The van der Waals surface area contributed by atoms with Crippen molar-refractivity contribution in [2.45, 2.75) is 13.8 Å². The quantitative estimate of drug-likeness (QED) is 0.848. The lowest BCUT2D eigenvalue weighted by Crippen LogP contribution is -1.99. The smallest absolute Gasteiger partial charge is 0.341 e. The van der Waals surface area contributed by atoms with Gasteiger partial charge in [0.1, 0.15) is 5.75 Å². The molecule has 2 rings (SSSR count). The predicted octanol–water partition coefficient (Wildman–Crippen LogP) is 3.04. The van der Waals surface area contributed by atoms with Crippen LogP contribution in [0.4, 0.5) is 0 Å². The number of rotatable bonds is 2. The maximum absolute atomic E-state index is 5.46. The van der Waals surface area contributed by atoms with Crippen LogP contribution in [-0.2, 0) is 0 Å². The molecule has 0 aliphatic rings. The van der Waals surface area contributed by atoms with E-state index in [1.54, 1.807) is 0 Å². The van der Waals surface area contributed by atoms with E-state index >= 15 is 0 Å². The molecule has 0 atom stereocenters. The molecule has 0 spiro atoms. The maximum Gasteiger partial charge on any atom is 0.341 e. The molecule has 16 heavy (non-hydrogen) atoms. The van der Waals surface area contributed by atoms with Crippen molar-refractivity contribution in [3.8, 4) is 11.8 Å². The van der Waals surface area contributed by atoms with Gasteiger partial charge in [-0.3, -0.25) is 0 Å². The summed E-state index contributed by atoms with van der Waals surface area (Å²) >= 11 is 3.35. The first kappa shape index (κ1) is 11.0. The molecule has 0 unspecified atom stereocenters. The van der Waals surface area contributed by atoms with E-state index in [9.17, 15) is 0 Å². The molecule has 0 saturated heterocycles. The Bertz CT molecular complexity index is 499. The minimum Gasteiger partial charge on any atom is -0.423 e. The number of halogens is 1. The molecule has 1 aromatic heterocycles. The molecule has 1 heterocycles. The lowest BCUT2D eigenvalue weighted by molar-refractivity contribution is 0.430. The van der Waals surface area contributed by atoms with Crippen molar-refractivity contribution in [3.63, 3.8) is 0 Å². The second kappa shape index (κ2) is 4.57. The van der Waals surface area contributed by atoms with Crippen molar-refractivity contribution < 1.29 is 4.74 Å². The number of nitrogens with zero attached hydrogens (tertiary/aromatic N) is 3. The fraction of sp³-hybridized carbons (Fsp3) is 0.182. The first-order chi connectivity index (χ1) is 7.65. The van der Waals surface area contributed by atoms with Gasteiger partial charge < -0.3 is 4.74 Å². The third-order valence-electron chi connectivity index (χ3n) is 2.10. The molecule has 5 heteroatoms. The summed E-state index contributed by atoms with van der Waals surface area (Å²) in [4.78, 5) is 4.18. The summed E-state index contributed by atoms with van der Waals surface area (Å²) in [7, 11) is 0. The number of ether oxygens (including phenoxy) is 1. The van der Waals surface area contributed by atoms with Crippen LogP contribution in [0.5, 0.6) is 11.8 Å². The van der Waals surface area contributed by atoms with Crippen LogP contribution in [0.2, 0.25) is 0 Å². The van der Waals surface area contributed by atoms with E-state index in [1.807, 2.05) is 38.1 Å². The number of benzene rings is 1. The molecule has 2 aromatic rings. The van der Waals surface area contributed by atoms with Crippen molar-refractivity contribution in [1.82, 2.24) is 15.2 Å². The summed E-state index contributed by atoms with van der Waals surface area (Å²) in [5.41, 5.74) is 1.63. The minimum atomic E-state index is 0.269. The monoisotopic (exact) mass is 279 g/mol. The molecule has 82 valence electrons. The summed E-state index contributed by atoms with van der Waals surface area (Å²) in [6.07, 6.45) is 0. The zero-order chi connectivity index (χ0) is 11.5. The Morgan fingerprint density at radius 1 is 1.00 bits per heavy atom. The highest BCUT2D eigenvalue weighted by Gasteiger charge is 2.03. The normalized spacial score (nSPS) is 10.2. The van der Waals surface area contributed by atoms with Gasteiger partial charge in [0, 0.05) is 4.47 Å². The minimum absolute atomic E-state index is 0.269. The van der Waals surface area contributed by atoms with Gasteiger partial charge in [0.05, 0.1) is 11.4 Å². The van der Waals surface area contributed by atoms with Gasteiger partial charge in [0.25, 0.3) is 0 Å². The zero-order valence-corrected chi connectivity index (χ0v) is 10.5. The number of aryl methyl sites for hydroxylation is 2. The Balaban J connectivity index is 2.20. The summed E-state index contributed by atoms with van der Waals surface area (Å²) in [5.74, 6) is 0.688. The van der Waals surface area contributed by atoms with Crippen molar-refractivity contribution in [2.24, 2.45) is 0 Å². The summed E-state index contributed by atoms with van der Waals surface area (Å²) in [6.45, 7) is 3.73. The standard InChI is InChI=1S/C11H10BrN3O/c1-7-8(2)14-15-11(13-7)16-10-5-3-9(12)4-6-10/h3-6H,1-2H3.